The fourth-order valence-electron chi connectivity index (χ4n) is 1.05. The minimum Gasteiger partial charge on any atom is -0.324 e. The summed E-state index contributed by atoms with van der Waals surface area (Å²) in [6.07, 6.45) is 0.755. The maximum absolute atomic E-state index is 12.8. The van der Waals surface area contributed by atoms with Gasteiger partial charge in [0.15, 0.2) is 0 Å². The summed E-state index contributed by atoms with van der Waals surface area (Å²) in [7, 11) is 0. The summed E-state index contributed by atoms with van der Waals surface area (Å²) in [4.78, 5) is 0. The molecule has 4 heteroatoms. The van der Waals surface area contributed by atoms with E-state index >= 15 is 0 Å². The molecule has 1 atom stereocenters. The molecular formula is C9H11ClFNS. The molecule has 0 aliphatic heterocycles. The first-order valence-electron chi connectivity index (χ1n) is 3.96. The van der Waals surface area contributed by atoms with Crippen LogP contribution in [0.1, 0.15) is 18.0 Å². The largest absolute Gasteiger partial charge is 0.324 e. The fourth-order valence-corrected chi connectivity index (χ4v) is 1.52. The molecule has 0 saturated heterocycles. The van der Waals surface area contributed by atoms with Crippen LogP contribution in [0.4, 0.5) is 4.39 Å². The average molecular weight is 220 g/mol. The molecular weight excluding hydrogens is 209 g/mol. The number of halogens is 2. The monoisotopic (exact) mass is 219 g/mol. The zero-order valence-corrected chi connectivity index (χ0v) is 8.65. The molecule has 13 heavy (non-hydrogen) atoms. The van der Waals surface area contributed by atoms with Gasteiger partial charge in [-0.1, -0.05) is 17.7 Å². The molecule has 0 aromatic heterocycles. The second-order valence-electron chi connectivity index (χ2n) is 2.79. The lowest BCUT2D eigenvalue weighted by Crippen LogP contribution is -2.10. The van der Waals surface area contributed by atoms with Gasteiger partial charge in [-0.15, -0.1) is 0 Å². The van der Waals surface area contributed by atoms with E-state index in [1.165, 1.54) is 6.07 Å². The van der Waals surface area contributed by atoms with Crippen molar-refractivity contribution in [3.05, 3.63) is 34.6 Å². The Balaban J connectivity index is 2.84. The number of thiol groups is 1. The van der Waals surface area contributed by atoms with Crippen molar-refractivity contribution in [2.24, 2.45) is 5.73 Å². The van der Waals surface area contributed by atoms with E-state index in [0.717, 1.165) is 12.0 Å². The molecule has 1 unspecified atom stereocenters. The summed E-state index contributed by atoms with van der Waals surface area (Å²) >= 11 is 9.68. The zero-order valence-electron chi connectivity index (χ0n) is 7.00. The Morgan fingerprint density at radius 1 is 1.54 bits per heavy atom. The van der Waals surface area contributed by atoms with E-state index in [9.17, 15) is 4.39 Å². The molecule has 0 aliphatic carbocycles. The van der Waals surface area contributed by atoms with Crippen LogP contribution < -0.4 is 5.73 Å². The van der Waals surface area contributed by atoms with Gasteiger partial charge >= 0.3 is 0 Å². The first kappa shape index (κ1) is 10.8. The highest BCUT2D eigenvalue weighted by atomic mass is 35.5. The van der Waals surface area contributed by atoms with Gasteiger partial charge in [-0.25, -0.2) is 4.39 Å². The maximum Gasteiger partial charge on any atom is 0.141 e. The Bertz CT molecular complexity index is 293. The third-order valence-corrected chi connectivity index (χ3v) is 2.36. The van der Waals surface area contributed by atoms with Crippen LogP contribution in [0, 0.1) is 5.82 Å². The third-order valence-electron chi connectivity index (χ3n) is 1.81. The highest BCUT2D eigenvalue weighted by Gasteiger charge is 2.07. The summed E-state index contributed by atoms with van der Waals surface area (Å²) in [5, 5.41) is 0.118. The van der Waals surface area contributed by atoms with Crippen LogP contribution in [0.2, 0.25) is 5.02 Å². The molecule has 1 nitrogen and oxygen atoms in total. The molecule has 0 amide bonds. The molecule has 1 rings (SSSR count). The van der Waals surface area contributed by atoms with Gasteiger partial charge in [0.05, 0.1) is 5.02 Å². The van der Waals surface area contributed by atoms with Crippen molar-refractivity contribution in [2.45, 2.75) is 12.5 Å². The minimum atomic E-state index is -0.413. The Morgan fingerprint density at radius 3 is 2.77 bits per heavy atom. The maximum atomic E-state index is 12.8. The van der Waals surface area contributed by atoms with Crippen LogP contribution in [0.25, 0.3) is 0 Å². The van der Waals surface area contributed by atoms with Crippen molar-refractivity contribution in [1.82, 2.24) is 0 Å². The van der Waals surface area contributed by atoms with Crippen molar-refractivity contribution in [3.63, 3.8) is 0 Å². The molecule has 0 saturated carbocycles. The van der Waals surface area contributed by atoms with Crippen molar-refractivity contribution in [2.75, 3.05) is 5.75 Å². The summed E-state index contributed by atoms with van der Waals surface area (Å²) in [6, 6.07) is 4.42. The van der Waals surface area contributed by atoms with Crippen LogP contribution >= 0.6 is 24.2 Å². The summed E-state index contributed by atoms with van der Waals surface area (Å²) < 4.78 is 12.8. The van der Waals surface area contributed by atoms with Gasteiger partial charge in [-0.3, -0.25) is 0 Å². The summed E-state index contributed by atoms with van der Waals surface area (Å²) in [5.74, 6) is 0.291. The lowest BCUT2D eigenvalue weighted by molar-refractivity contribution is 0.624. The van der Waals surface area contributed by atoms with Gasteiger partial charge < -0.3 is 5.73 Å². The number of rotatable bonds is 3. The molecule has 1 aromatic carbocycles. The Morgan fingerprint density at radius 2 is 2.23 bits per heavy atom. The average Bonchev–Trinajstić information content (AvgIpc) is 2.10. The molecule has 0 fully saturated rings. The van der Waals surface area contributed by atoms with Crippen molar-refractivity contribution < 1.29 is 4.39 Å². The molecule has 1 aromatic rings. The van der Waals surface area contributed by atoms with E-state index in [2.05, 4.69) is 12.6 Å². The number of hydrogen-bond acceptors (Lipinski definition) is 2. The SMILES string of the molecule is NC(CCS)c1ccc(F)c(Cl)c1. The van der Waals surface area contributed by atoms with Gasteiger partial charge in [0.2, 0.25) is 0 Å². The second kappa shape index (κ2) is 4.84. The van der Waals surface area contributed by atoms with E-state index < -0.39 is 5.82 Å². The van der Waals surface area contributed by atoms with Crippen molar-refractivity contribution in [3.8, 4) is 0 Å². The van der Waals surface area contributed by atoms with Crippen LogP contribution in [-0.4, -0.2) is 5.75 Å². The van der Waals surface area contributed by atoms with Gasteiger partial charge in [-0.2, -0.15) is 12.6 Å². The Kier molecular flexibility index (Phi) is 4.03. The predicted molar refractivity (Wildman–Crippen MR) is 56.8 cm³/mol. The van der Waals surface area contributed by atoms with Crippen LogP contribution in [0.5, 0.6) is 0 Å². The molecule has 2 N–H and O–H groups in total. The molecule has 0 heterocycles. The molecule has 72 valence electrons. The van der Waals surface area contributed by atoms with Crippen molar-refractivity contribution in [1.29, 1.82) is 0 Å². The highest BCUT2D eigenvalue weighted by Crippen LogP contribution is 2.21. The number of nitrogens with two attached hydrogens (primary N) is 1. The van der Waals surface area contributed by atoms with Gasteiger partial charge in [0.1, 0.15) is 5.82 Å². The molecule has 0 bridgehead atoms. The van der Waals surface area contributed by atoms with E-state index in [1.807, 2.05) is 0 Å². The lowest BCUT2D eigenvalue weighted by atomic mass is 10.1. The van der Waals surface area contributed by atoms with Gasteiger partial charge in [0.25, 0.3) is 0 Å². The van der Waals surface area contributed by atoms with Crippen LogP contribution in [0.3, 0.4) is 0 Å². The van der Waals surface area contributed by atoms with Crippen LogP contribution in [0.15, 0.2) is 18.2 Å². The van der Waals surface area contributed by atoms with E-state index in [1.54, 1.807) is 12.1 Å². The lowest BCUT2D eigenvalue weighted by Gasteiger charge is -2.10. The standard InChI is InChI=1S/C9H11ClFNS/c10-7-5-6(1-2-8(7)11)9(12)3-4-13/h1-2,5,9,13H,3-4,12H2. The van der Waals surface area contributed by atoms with Crippen molar-refractivity contribution >= 4 is 24.2 Å². The first-order chi connectivity index (χ1) is 6.15. The Labute approximate surface area is 87.5 Å². The molecule has 0 aliphatic rings. The zero-order chi connectivity index (χ0) is 9.84. The number of benzene rings is 1. The quantitative estimate of drug-likeness (QED) is 0.752. The molecule has 0 radical (unpaired) electrons. The fraction of sp³-hybridized carbons (Fsp3) is 0.333. The van der Waals surface area contributed by atoms with E-state index in [0.29, 0.717) is 5.75 Å². The van der Waals surface area contributed by atoms with E-state index in [-0.39, 0.29) is 11.1 Å². The topological polar surface area (TPSA) is 26.0 Å². The predicted octanol–water partition coefficient (Wildman–Crippen LogP) is 2.80. The normalized spacial score (nSPS) is 12.9. The van der Waals surface area contributed by atoms with Crippen LogP contribution in [-0.2, 0) is 0 Å². The smallest absolute Gasteiger partial charge is 0.141 e. The van der Waals surface area contributed by atoms with Gasteiger partial charge in [0, 0.05) is 6.04 Å². The first-order valence-corrected chi connectivity index (χ1v) is 4.97. The summed E-state index contributed by atoms with van der Waals surface area (Å²) in [6.45, 7) is 0. The minimum absolute atomic E-state index is 0.115. The number of hydrogen-bond donors (Lipinski definition) is 2. The second-order valence-corrected chi connectivity index (χ2v) is 3.65. The Hall–Kier alpha value is -0.250. The third kappa shape index (κ3) is 2.86. The summed E-state index contributed by atoms with van der Waals surface area (Å²) in [5.41, 5.74) is 6.64. The van der Waals surface area contributed by atoms with Gasteiger partial charge in [-0.05, 0) is 29.9 Å². The highest BCUT2D eigenvalue weighted by molar-refractivity contribution is 7.80. The molecule has 0 spiro atoms. The van der Waals surface area contributed by atoms with E-state index in [4.69, 9.17) is 17.3 Å².